The maximum atomic E-state index is 12.5. The fraction of sp³-hybridized carbons (Fsp3) is 0.800. The molecule has 13 nitrogen and oxygen atoms in total. The van der Waals surface area contributed by atoms with Crippen LogP contribution in [0, 0.1) is 22.7 Å². The smallest absolute Gasteiger partial charge is 0.335 e. The van der Waals surface area contributed by atoms with Crippen LogP contribution in [0.3, 0.4) is 0 Å². The van der Waals surface area contributed by atoms with Gasteiger partial charge in [0.2, 0.25) is 12.6 Å². The first-order valence-electron chi connectivity index (χ1n) is 17.4. The van der Waals surface area contributed by atoms with Crippen molar-refractivity contribution in [3.8, 4) is 0 Å². The number of allylic oxidation sites excluding steroid dienone is 1. The number of hydrogen-bond acceptors (Lipinski definition) is 13. The Bertz CT molecular complexity index is 1400. The lowest BCUT2D eigenvalue weighted by Crippen LogP contribution is -2.62. The monoisotopic (exact) mass is 678 g/mol. The Kier molecular flexibility index (Phi) is 9.24. The Balaban J connectivity index is 1.04. The molecule has 3 saturated carbocycles. The van der Waals surface area contributed by atoms with E-state index in [1.165, 1.54) is 11.6 Å². The van der Waals surface area contributed by atoms with E-state index in [1.807, 2.05) is 6.07 Å². The second kappa shape index (κ2) is 12.8. The molecule has 6 N–H and O–H groups in total. The summed E-state index contributed by atoms with van der Waals surface area (Å²) in [6.07, 6.45) is -1.93. The second-order valence-corrected chi connectivity index (χ2v) is 15.4. The molecule has 0 radical (unpaired) electrons. The molecule has 1 aromatic rings. The van der Waals surface area contributed by atoms with Gasteiger partial charge in [-0.25, -0.2) is 4.79 Å². The van der Waals surface area contributed by atoms with Gasteiger partial charge in [0.05, 0.1) is 30.7 Å². The average Bonchev–Trinajstić information content (AvgIpc) is 3.34. The van der Waals surface area contributed by atoms with Crippen LogP contribution in [0.5, 0.6) is 0 Å². The molecule has 13 heteroatoms. The number of ether oxygens (including phenoxy) is 5. The highest BCUT2D eigenvalue weighted by molar-refractivity contribution is 5.31. The van der Waals surface area contributed by atoms with Gasteiger partial charge in [0.25, 0.3) is 0 Å². The van der Waals surface area contributed by atoms with E-state index < -0.39 is 67.9 Å². The fourth-order valence-corrected chi connectivity index (χ4v) is 10.3. The molecule has 16 unspecified atom stereocenters. The summed E-state index contributed by atoms with van der Waals surface area (Å²) in [5.74, 6) is 0.576. The van der Waals surface area contributed by atoms with Crippen molar-refractivity contribution in [2.45, 2.75) is 145 Å². The quantitative estimate of drug-likeness (QED) is 0.237. The Morgan fingerprint density at radius 2 is 1.67 bits per heavy atom. The lowest BCUT2D eigenvalue weighted by atomic mass is 9.45. The van der Waals surface area contributed by atoms with E-state index in [9.17, 15) is 35.4 Å². The van der Waals surface area contributed by atoms with E-state index in [-0.39, 0.29) is 34.4 Å². The molecule has 0 spiro atoms. The lowest BCUT2D eigenvalue weighted by molar-refractivity contribution is -0.410. The topological polar surface area (TPSA) is 198 Å². The summed E-state index contributed by atoms with van der Waals surface area (Å²) >= 11 is 0. The molecular weight excluding hydrogens is 628 g/mol. The molecule has 1 aromatic heterocycles. The van der Waals surface area contributed by atoms with Gasteiger partial charge in [0, 0.05) is 11.5 Å². The summed E-state index contributed by atoms with van der Waals surface area (Å²) in [5.41, 5.74) is 0.664. The van der Waals surface area contributed by atoms with Crippen molar-refractivity contribution in [3.63, 3.8) is 0 Å². The first-order valence-corrected chi connectivity index (χ1v) is 17.4. The normalized spacial score (nSPS) is 50.6. The summed E-state index contributed by atoms with van der Waals surface area (Å²) in [6.45, 7) is 5.56. The summed E-state index contributed by atoms with van der Waals surface area (Å²) in [5, 5.41) is 64.1. The molecule has 268 valence electrons. The minimum absolute atomic E-state index is 0.110. The first kappa shape index (κ1) is 34.7. The van der Waals surface area contributed by atoms with Crippen molar-refractivity contribution in [2.75, 3.05) is 6.61 Å². The molecule has 48 heavy (non-hydrogen) atoms. The van der Waals surface area contributed by atoms with Gasteiger partial charge < -0.3 is 58.7 Å². The van der Waals surface area contributed by atoms with Crippen LogP contribution in [0.4, 0.5) is 0 Å². The number of aliphatic hydroxyl groups is 6. The van der Waals surface area contributed by atoms with E-state index in [0.29, 0.717) is 12.3 Å². The molecule has 0 bridgehead atoms. The van der Waals surface area contributed by atoms with Crippen molar-refractivity contribution in [1.29, 1.82) is 0 Å². The molecule has 0 amide bonds. The Morgan fingerprint density at radius 1 is 0.875 bits per heavy atom. The minimum Gasteiger partial charge on any atom is -0.431 e. The van der Waals surface area contributed by atoms with Crippen LogP contribution in [0.2, 0.25) is 0 Å². The zero-order chi connectivity index (χ0) is 34.2. The minimum atomic E-state index is -1.72. The van der Waals surface area contributed by atoms with E-state index in [0.717, 1.165) is 50.5 Å². The largest absolute Gasteiger partial charge is 0.431 e. The zero-order valence-electron chi connectivity index (χ0n) is 27.7. The van der Waals surface area contributed by atoms with Gasteiger partial charge in [-0.15, -0.1) is 0 Å². The Hall–Kier alpha value is -1.75. The van der Waals surface area contributed by atoms with Crippen LogP contribution in [-0.2, 0) is 23.7 Å². The van der Waals surface area contributed by atoms with Crippen molar-refractivity contribution in [1.82, 2.24) is 0 Å². The predicted molar refractivity (Wildman–Crippen MR) is 166 cm³/mol. The third-order valence-electron chi connectivity index (χ3n) is 13.1. The SMILES string of the molecule is CC1OC(OC2C=C3CCC4C(CCC5(C)C(c6ccc(=O)oc6)CCC45O)C3(C)CC2)C(O)C(OC2OC(CO)C(O)OC2O)C1O. The van der Waals surface area contributed by atoms with Gasteiger partial charge in [-0.1, -0.05) is 25.5 Å². The third kappa shape index (κ3) is 5.54. The molecule has 5 fully saturated rings. The summed E-state index contributed by atoms with van der Waals surface area (Å²) < 4.78 is 33.6. The summed E-state index contributed by atoms with van der Waals surface area (Å²) in [4.78, 5) is 11.6. The van der Waals surface area contributed by atoms with E-state index in [2.05, 4.69) is 19.9 Å². The Morgan fingerprint density at radius 3 is 2.40 bits per heavy atom. The van der Waals surface area contributed by atoms with Crippen LogP contribution in [0.25, 0.3) is 0 Å². The van der Waals surface area contributed by atoms with Crippen LogP contribution in [0.1, 0.15) is 83.6 Å². The molecule has 4 aliphatic carbocycles. The van der Waals surface area contributed by atoms with Crippen molar-refractivity contribution in [3.05, 3.63) is 46.0 Å². The van der Waals surface area contributed by atoms with Crippen molar-refractivity contribution < 1.29 is 58.7 Å². The standard InChI is InChI=1S/C35H50O13/c1-17-26(38)28(47-32-30(41)48-29(40)24(15-36)46-32)27(39)31(44-17)45-20-8-11-33(2)19(14-20)5-6-23-22(33)9-12-34(3)21(10-13-35(23,34)42)18-4-7-25(37)43-16-18/h4,7,14,16-17,20-24,26-32,36,38-42H,5-6,8-13,15H2,1-3H3. The highest BCUT2D eigenvalue weighted by atomic mass is 16.8. The number of rotatable bonds is 6. The highest BCUT2D eigenvalue weighted by Crippen LogP contribution is 2.70. The Labute approximate surface area is 279 Å². The fourth-order valence-electron chi connectivity index (χ4n) is 10.3. The van der Waals surface area contributed by atoms with Gasteiger partial charge in [-0.2, -0.15) is 0 Å². The second-order valence-electron chi connectivity index (χ2n) is 15.4. The maximum Gasteiger partial charge on any atom is 0.335 e. The van der Waals surface area contributed by atoms with Crippen molar-refractivity contribution in [2.24, 2.45) is 22.7 Å². The summed E-state index contributed by atoms with van der Waals surface area (Å²) in [7, 11) is 0. The average molecular weight is 679 g/mol. The molecular formula is C35H50O13. The predicted octanol–water partition coefficient (Wildman–Crippen LogP) is 1.41. The number of hydrogen-bond donors (Lipinski definition) is 6. The van der Waals surface area contributed by atoms with Gasteiger partial charge in [0.1, 0.15) is 24.4 Å². The van der Waals surface area contributed by atoms with Gasteiger partial charge in [-0.05, 0) is 93.1 Å². The van der Waals surface area contributed by atoms with Gasteiger partial charge in [0.15, 0.2) is 12.6 Å². The van der Waals surface area contributed by atoms with Gasteiger partial charge in [-0.3, -0.25) is 0 Å². The molecule has 2 aliphatic heterocycles. The summed E-state index contributed by atoms with van der Waals surface area (Å²) in [6, 6.07) is 3.32. The molecule has 0 aromatic carbocycles. The molecule has 3 heterocycles. The highest BCUT2D eigenvalue weighted by Gasteiger charge is 2.66. The third-order valence-corrected chi connectivity index (χ3v) is 13.1. The maximum absolute atomic E-state index is 12.5. The first-order chi connectivity index (χ1) is 22.8. The van der Waals surface area contributed by atoms with Crippen molar-refractivity contribution >= 4 is 0 Å². The number of fused-ring (bicyclic) bond motifs is 5. The molecule has 16 atom stereocenters. The lowest BCUT2D eigenvalue weighted by Gasteiger charge is -2.62. The molecule has 6 aliphatic rings. The van der Waals surface area contributed by atoms with Crippen LogP contribution >= 0.6 is 0 Å². The zero-order valence-corrected chi connectivity index (χ0v) is 27.7. The number of aliphatic hydroxyl groups excluding tert-OH is 5. The van der Waals surface area contributed by atoms with Crippen LogP contribution in [-0.4, -0.2) is 105 Å². The molecule has 2 saturated heterocycles. The van der Waals surface area contributed by atoms with E-state index >= 15 is 0 Å². The van der Waals surface area contributed by atoms with Crippen LogP contribution in [0.15, 0.2) is 39.3 Å². The van der Waals surface area contributed by atoms with E-state index in [1.54, 1.807) is 13.2 Å². The molecule has 7 rings (SSSR count). The van der Waals surface area contributed by atoms with Crippen LogP contribution < -0.4 is 5.63 Å². The van der Waals surface area contributed by atoms with Gasteiger partial charge >= 0.3 is 5.63 Å². The van der Waals surface area contributed by atoms with E-state index in [4.69, 9.17) is 28.1 Å².